The fourth-order valence-corrected chi connectivity index (χ4v) is 1.52. The van der Waals surface area contributed by atoms with Crippen LogP contribution in [0.5, 0.6) is 0 Å². The first-order valence-corrected chi connectivity index (χ1v) is 5.34. The van der Waals surface area contributed by atoms with Crippen LogP contribution in [0.15, 0.2) is 24.3 Å². The zero-order chi connectivity index (χ0) is 11.5. The Morgan fingerprint density at radius 3 is 2.27 bits per heavy atom. The molecule has 2 nitrogen and oxygen atoms in total. The van der Waals surface area contributed by atoms with Gasteiger partial charge in [0, 0.05) is 0 Å². The highest BCUT2D eigenvalue weighted by Crippen LogP contribution is 2.20. The second-order valence-electron chi connectivity index (χ2n) is 5.13. The molecule has 0 radical (unpaired) electrons. The van der Waals surface area contributed by atoms with Crippen molar-refractivity contribution in [2.24, 2.45) is 5.41 Å². The molecule has 0 atom stereocenters. The van der Waals surface area contributed by atoms with Crippen LogP contribution in [0.1, 0.15) is 32.8 Å². The molecule has 0 aliphatic rings. The summed E-state index contributed by atoms with van der Waals surface area (Å²) in [7, 11) is -1.36. The van der Waals surface area contributed by atoms with Crippen LogP contribution < -0.4 is 5.46 Å². The first kappa shape index (κ1) is 12.3. The number of hydrogen-bond acceptors (Lipinski definition) is 2. The van der Waals surface area contributed by atoms with E-state index < -0.39 is 7.12 Å². The van der Waals surface area contributed by atoms with Gasteiger partial charge in [0.25, 0.3) is 0 Å². The van der Waals surface area contributed by atoms with Gasteiger partial charge in [0.15, 0.2) is 0 Å². The first-order chi connectivity index (χ1) is 6.90. The normalized spacial score (nSPS) is 11.5. The minimum atomic E-state index is -1.36. The number of aryl methyl sites for hydroxylation is 1. The molecule has 0 bridgehead atoms. The van der Waals surface area contributed by atoms with E-state index in [4.69, 9.17) is 0 Å². The fraction of sp³-hybridized carbons (Fsp3) is 0.500. The van der Waals surface area contributed by atoms with E-state index in [1.807, 2.05) is 18.2 Å². The van der Waals surface area contributed by atoms with Crippen molar-refractivity contribution >= 4 is 12.6 Å². The third kappa shape index (κ3) is 4.06. The Hall–Kier alpha value is -0.795. The molecule has 0 heterocycles. The molecule has 0 saturated carbocycles. The van der Waals surface area contributed by atoms with Crippen molar-refractivity contribution in [1.82, 2.24) is 0 Å². The van der Waals surface area contributed by atoms with E-state index in [0.29, 0.717) is 5.46 Å². The van der Waals surface area contributed by atoms with Gasteiger partial charge in [-0.1, -0.05) is 45.0 Å². The van der Waals surface area contributed by atoms with Gasteiger partial charge in [0.2, 0.25) is 0 Å². The summed E-state index contributed by atoms with van der Waals surface area (Å²) in [5, 5.41) is 18.4. The highest BCUT2D eigenvalue weighted by atomic mass is 16.4. The van der Waals surface area contributed by atoms with Crippen molar-refractivity contribution in [3.63, 3.8) is 0 Å². The van der Waals surface area contributed by atoms with Crippen molar-refractivity contribution in [1.29, 1.82) is 0 Å². The summed E-state index contributed by atoms with van der Waals surface area (Å²) in [5.74, 6) is 0. The van der Waals surface area contributed by atoms with E-state index >= 15 is 0 Å². The Labute approximate surface area is 92.1 Å². The summed E-state index contributed by atoms with van der Waals surface area (Å²) < 4.78 is 0. The highest BCUT2D eigenvalue weighted by molar-refractivity contribution is 6.59. The predicted molar refractivity (Wildman–Crippen MR) is 64.0 cm³/mol. The summed E-state index contributed by atoms with van der Waals surface area (Å²) in [6, 6.07) is 7.49. The summed E-state index contributed by atoms with van der Waals surface area (Å²) in [5.41, 5.74) is 1.93. The molecular formula is C12H19BO2. The monoisotopic (exact) mass is 206 g/mol. The van der Waals surface area contributed by atoms with Gasteiger partial charge < -0.3 is 10.0 Å². The van der Waals surface area contributed by atoms with Gasteiger partial charge in [0.1, 0.15) is 0 Å². The van der Waals surface area contributed by atoms with Crippen LogP contribution in [-0.2, 0) is 6.42 Å². The van der Waals surface area contributed by atoms with Crippen molar-refractivity contribution in [3.8, 4) is 0 Å². The molecule has 0 aromatic heterocycles. The molecule has 0 spiro atoms. The van der Waals surface area contributed by atoms with Crippen molar-refractivity contribution in [2.45, 2.75) is 33.6 Å². The summed E-state index contributed by atoms with van der Waals surface area (Å²) in [6.45, 7) is 6.56. The third-order valence-corrected chi connectivity index (χ3v) is 2.48. The minimum Gasteiger partial charge on any atom is -0.423 e. The maximum absolute atomic E-state index is 9.19. The largest absolute Gasteiger partial charge is 0.488 e. The number of benzene rings is 1. The first-order valence-electron chi connectivity index (χ1n) is 5.34. The molecule has 2 N–H and O–H groups in total. The van der Waals surface area contributed by atoms with Crippen LogP contribution in [0.4, 0.5) is 0 Å². The molecule has 3 heteroatoms. The molecule has 0 fully saturated rings. The summed E-state index contributed by atoms with van der Waals surface area (Å²) in [4.78, 5) is 0. The molecule has 0 amide bonds. The van der Waals surface area contributed by atoms with E-state index in [9.17, 15) is 10.0 Å². The predicted octanol–water partition coefficient (Wildman–Crippen LogP) is 1.35. The Balaban J connectivity index is 2.76. The second kappa shape index (κ2) is 4.82. The average Bonchev–Trinajstić information content (AvgIpc) is 2.14. The van der Waals surface area contributed by atoms with Gasteiger partial charge in [-0.15, -0.1) is 0 Å². The van der Waals surface area contributed by atoms with Crippen LogP contribution in [0.3, 0.4) is 0 Å². The second-order valence-corrected chi connectivity index (χ2v) is 5.13. The van der Waals surface area contributed by atoms with Gasteiger partial charge in [-0.2, -0.15) is 0 Å². The maximum Gasteiger partial charge on any atom is 0.488 e. The van der Waals surface area contributed by atoms with Crippen LogP contribution >= 0.6 is 0 Å². The van der Waals surface area contributed by atoms with Crippen molar-refractivity contribution in [2.75, 3.05) is 0 Å². The topological polar surface area (TPSA) is 40.5 Å². The molecule has 82 valence electrons. The van der Waals surface area contributed by atoms with Crippen LogP contribution in [0, 0.1) is 5.41 Å². The van der Waals surface area contributed by atoms with Gasteiger partial charge >= 0.3 is 7.12 Å². The van der Waals surface area contributed by atoms with Gasteiger partial charge in [-0.3, -0.25) is 0 Å². The molecule has 15 heavy (non-hydrogen) atoms. The van der Waals surface area contributed by atoms with Crippen LogP contribution in [0.25, 0.3) is 0 Å². The molecule has 1 rings (SSSR count). The quantitative estimate of drug-likeness (QED) is 0.732. The maximum atomic E-state index is 9.19. The molecular weight excluding hydrogens is 187 g/mol. The molecule has 1 aromatic carbocycles. The Morgan fingerprint density at radius 2 is 1.73 bits per heavy atom. The third-order valence-electron chi connectivity index (χ3n) is 2.48. The lowest BCUT2D eigenvalue weighted by Crippen LogP contribution is -2.33. The highest BCUT2D eigenvalue weighted by Gasteiger charge is 2.17. The molecule has 0 saturated heterocycles. The van der Waals surface area contributed by atoms with E-state index in [1.165, 1.54) is 0 Å². The van der Waals surface area contributed by atoms with Gasteiger partial charge in [-0.05, 0) is 29.3 Å². The van der Waals surface area contributed by atoms with Crippen LogP contribution in [0.2, 0.25) is 0 Å². The Kier molecular flexibility index (Phi) is 3.94. The lowest BCUT2D eigenvalue weighted by atomic mass is 9.75. The summed E-state index contributed by atoms with van der Waals surface area (Å²) >= 11 is 0. The van der Waals surface area contributed by atoms with Crippen molar-refractivity contribution in [3.05, 3.63) is 29.8 Å². The molecule has 1 aromatic rings. The number of rotatable bonds is 3. The van der Waals surface area contributed by atoms with Gasteiger partial charge in [0.05, 0.1) is 0 Å². The zero-order valence-corrected chi connectivity index (χ0v) is 9.70. The Morgan fingerprint density at radius 1 is 1.13 bits per heavy atom. The van der Waals surface area contributed by atoms with E-state index in [-0.39, 0.29) is 5.41 Å². The summed E-state index contributed by atoms with van der Waals surface area (Å²) in [6.07, 6.45) is 1.92. The SMILES string of the molecule is CC(C)(C)CCc1ccccc1B(O)O. The van der Waals surface area contributed by atoms with E-state index in [2.05, 4.69) is 20.8 Å². The van der Waals surface area contributed by atoms with Gasteiger partial charge in [-0.25, -0.2) is 0 Å². The van der Waals surface area contributed by atoms with Crippen LogP contribution in [-0.4, -0.2) is 17.2 Å². The fourth-order valence-electron chi connectivity index (χ4n) is 1.52. The lowest BCUT2D eigenvalue weighted by Gasteiger charge is -2.19. The van der Waals surface area contributed by atoms with E-state index in [1.54, 1.807) is 6.07 Å². The van der Waals surface area contributed by atoms with E-state index in [0.717, 1.165) is 18.4 Å². The average molecular weight is 206 g/mol. The molecule has 0 aliphatic heterocycles. The molecule has 0 aliphatic carbocycles. The van der Waals surface area contributed by atoms with Crippen molar-refractivity contribution < 1.29 is 10.0 Å². The lowest BCUT2D eigenvalue weighted by molar-refractivity contribution is 0.377. The smallest absolute Gasteiger partial charge is 0.423 e. The zero-order valence-electron chi connectivity index (χ0n) is 9.70. The standard InChI is InChI=1S/C12H19BO2/c1-12(2,3)9-8-10-6-4-5-7-11(10)13(14)15/h4-7,14-15H,8-9H2,1-3H3. The molecule has 0 unspecified atom stereocenters. The minimum absolute atomic E-state index is 0.271. The number of hydrogen-bond donors (Lipinski definition) is 2. The Bertz CT molecular complexity index is 316.